The van der Waals surface area contributed by atoms with Crippen LogP contribution in [0.3, 0.4) is 0 Å². The fraction of sp³-hybridized carbons (Fsp3) is 1.00. The Morgan fingerprint density at radius 2 is 2.00 bits per heavy atom. The van der Waals surface area contributed by atoms with Crippen molar-refractivity contribution in [1.82, 2.24) is 26.0 Å². The Morgan fingerprint density at radius 1 is 1.07 bits per heavy atom. The van der Waals surface area contributed by atoms with Crippen molar-refractivity contribution >= 4 is 0 Å². The summed E-state index contributed by atoms with van der Waals surface area (Å²) in [6, 6.07) is 0.894. The molecule has 8 atom stereocenters. The number of hydrogen-bond donors (Lipinski definition) is 3. The molecular weight excluding hydrogens is 345 g/mol. The second-order valence-corrected chi connectivity index (χ2v) is 9.33. The van der Waals surface area contributed by atoms with E-state index in [4.69, 9.17) is 4.74 Å². The predicted molar refractivity (Wildman–Crippen MR) is 103 cm³/mol. The molecule has 4 aliphatic heterocycles. The summed E-state index contributed by atoms with van der Waals surface area (Å²) in [5, 5.41) is 10.1. The molecule has 5 fully saturated rings. The van der Waals surface area contributed by atoms with Gasteiger partial charge in [0.1, 0.15) is 6.17 Å². The highest BCUT2D eigenvalue weighted by atomic mass is 19.1. The minimum Gasteiger partial charge on any atom is -0.375 e. The van der Waals surface area contributed by atoms with Gasteiger partial charge in [-0.3, -0.25) is 15.6 Å². The Kier molecular flexibility index (Phi) is 5.43. The van der Waals surface area contributed by atoms with Crippen molar-refractivity contribution < 1.29 is 9.13 Å². The maximum absolute atomic E-state index is 14.4. The van der Waals surface area contributed by atoms with Crippen LogP contribution in [0.5, 0.6) is 0 Å². The molecule has 5 aliphatic rings. The molecule has 3 N–H and O–H groups in total. The molecule has 4 saturated heterocycles. The molecule has 0 aromatic heterocycles. The van der Waals surface area contributed by atoms with E-state index in [9.17, 15) is 4.39 Å². The topological polar surface area (TPSA) is 51.8 Å². The van der Waals surface area contributed by atoms with Crippen LogP contribution in [0.2, 0.25) is 0 Å². The van der Waals surface area contributed by atoms with Gasteiger partial charge >= 0.3 is 0 Å². The van der Waals surface area contributed by atoms with E-state index in [0.29, 0.717) is 43.2 Å². The summed E-state index contributed by atoms with van der Waals surface area (Å²) in [7, 11) is 0. The van der Waals surface area contributed by atoms with Crippen molar-refractivity contribution in [2.75, 3.05) is 26.2 Å². The first-order valence-corrected chi connectivity index (χ1v) is 11.2. The molecule has 5 rings (SSSR count). The van der Waals surface area contributed by atoms with Crippen LogP contribution < -0.4 is 16.1 Å². The number of nitrogens with zero attached hydrogens (tertiary/aromatic N) is 2. The fourth-order valence-electron chi connectivity index (χ4n) is 6.25. The van der Waals surface area contributed by atoms with E-state index >= 15 is 0 Å². The number of fused-ring (bicyclic) bond motifs is 5. The second-order valence-electron chi connectivity index (χ2n) is 9.33. The van der Waals surface area contributed by atoms with E-state index in [2.05, 4.69) is 32.9 Å². The molecule has 4 heterocycles. The van der Waals surface area contributed by atoms with Crippen LogP contribution >= 0.6 is 0 Å². The molecule has 7 heteroatoms. The molecule has 6 unspecified atom stereocenters. The molecule has 0 amide bonds. The maximum atomic E-state index is 14.4. The Bertz CT molecular complexity index is 525. The first-order valence-electron chi connectivity index (χ1n) is 11.2. The molecule has 2 bridgehead atoms. The van der Waals surface area contributed by atoms with E-state index in [1.54, 1.807) is 0 Å². The number of ether oxygens (including phenoxy) is 1. The highest BCUT2D eigenvalue weighted by Gasteiger charge is 2.46. The molecular formula is C20H36FN5O. The van der Waals surface area contributed by atoms with Crippen molar-refractivity contribution in [3.63, 3.8) is 0 Å². The average Bonchev–Trinajstić information content (AvgIpc) is 3.29. The van der Waals surface area contributed by atoms with Gasteiger partial charge in [0, 0.05) is 25.0 Å². The molecule has 0 radical (unpaired) electrons. The quantitative estimate of drug-likeness (QED) is 0.586. The van der Waals surface area contributed by atoms with Crippen LogP contribution in [0.15, 0.2) is 0 Å². The van der Waals surface area contributed by atoms with Gasteiger partial charge in [-0.05, 0) is 65.0 Å². The van der Waals surface area contributed by atoms with E-state index in [1.807, 2.05) is 0 Å². The standard InChI is InChI=1S/C20H36FN5O/c1-13-6-8-22-16-12-23-26-10-7-19(24-20(16)26)25-9-2-3-17(25)15-11-14(21)4-5-18(15)27-13/h13-20,22-24H,2-12H2,1H3/t13-,14?,15?,16?,17+,18?,19?,20?/m0/s1. The maximum Gasteiger partial charge on any atom is 0.101 e. The van der Waals surface area contributed by atoms with Crippen molar-refractivity contribution in [3.05, 3.63) is 0 Å². The van der Waals surface area contributed by atoms with Gasteiger partial charge in [0.2, 0.25) is 0 Å². The summed E-state index contributed by atoms with van der Waals surface area (Å²) >= 11 is 0. The predicted octanol–water partition coefficient (Wildman–Crippen LogP) is 1.19. The van der Waals surface area contributed by atoms with Crippen LogP contribution in [0.1, 0.15) is 51.9 Å². The Morgan fingerprint density at radius 3 is 2.93 bits per heavy atom. The third-order valence-electron chi connectivity index (χ3n) is 7.61. The number of hydrazine groups is 1. The first kappa shape index (κ1) is 18.7. The normalized spacial score (nSPS) is 49.6. The minimum atomic E-state index is -0.650. The summed E-state index contributed by atoms with van der Waals surface area (Å²) in [5.74, 6) is 0.338. The summed E-state index contributed by atoms with van der Waals surface area (Å²) < 4.78 is 20.9. The van der Waals surface area contributed by atoms with Crippen LogP contribution in [0.25, 0.3) is 0 Å². The highest BCUT2D eigenvalue weighted by molar-refractivity contribution is 4.99. The van der Waals surface area contributed by atoms with Crippen molar-refractivity contribution in [3.8, 4) is 0 Å². The summed E-state index contributed by atoms with van der Waals surface area (Å²) in [4.78, 5) is 2.67. The largest absolute Gasteiger partial charge is 0.375 e. The molecule has 1 saturated carbocycles. The number of halogens is 1. The monoisotopic (exact) mass is 381 g/mol. The van der Waals surface area contributed by atoms with Crippen LogP contribution in [-0.4, -0.2) is 78.9 Å². The lowest BCUT2D eigenvalue weighted by molar-refractivity contribution is -0.0919. The van der Waals surface area contributed by atoms with Crippen molar-refractivity contribution in [1.29, 1.82) is 0 Å². The van der Waals surface area contributed by atoms with Gasteiger partial charge in [-0.1, -0.05) is 0 Å². The van der Waals surface area contributed by atoms with Gasteiger partial charge < -0.3 is 10.1 Å². The summed E-state index contributed by atoms with van der Waals surface area (Å²) in [6.45, 7) is 6.37. The zero-order valence-corrected chi connectivity index (χ0v) is 16.6. The second kappa shape index (κ2) is 7.84. The zero-order chi connectivity index (χ0) is 18.4. The lowest BCUT2D eigenvalue weighted by Crippen LogP contribution is -2.65. The number of hydrogen-bond acceptors (Lipinski definition) is 6. The molecule has 0 aromatic carbocycles. The third-order valence-corrected chi connectivity index (χ3v) is 7.61. The lowest BCUT2D eigenvalue weighted by atomic mass is 9.79. The molecule has 154 valence electrons. The van der Waals surface area contributed by atoms with Crippen molar-refractivity contribution in [2.24, 2.45) is 5.92 Å². The smallest absolute Gasteiger partial charge is 0.101 e. The van der Waals surface area contributed by atoms with Crippen LogP contribution in [-0.2, 0) is 4.74 Å². The van der Waals surface area contributed by atoms with E-state index in [1.165, 1.54) is 12.8 Å². The molecule has 0 aromatic rings. The van der Waals surface area contributed by atoms with Crippen LogP contribution in [0.4, 0.5) is 4.39 Å². The number of nitrogens with one attached hydrogen (secondary N) is 3. The minimum absolute atomic E-state index is 0.222. The highest BCUT2D eigenvalue weighted by Crippen LogP contribution is 2.39. The molecule has 6 nitrogen and oxygen atoms in total. The van der Waals surface area contributed by atoms with Crippen LogP contribution in [0, 0.1) is 5.92 Å². The first-order chi connectivity index (χ1) is 13.2. The van der Waals surface area contributed by atoms with E-state index < -0.39 is 6.17 Å². The van der Waals surface area contributed by atoms with Crippen molar-refractivity contribution in [2.45, 2.75) is 94.7 Å². The summed E-state index contributed by atoms with van der Waals surface area (Å²) in [6.07, 6.45) is 7.36. The van der Waals surface area contributed by atoms with Gasteiger partial charge in [0.05, 0.1) is 30.6 Å². The molecule has 0 spiro atoms. The SMILES string of the molecule is C[C@H]1CCNC2CNN3CCC(NC23)N2CCC[C@@H]2C2CC(F)CCC2O1. The Labute approximate surface area is 162 Å². The Balaban J connectivity index is 1.41. The molecule has 27 heavy (non-hydrogen) atoms. The van der Waals surface area contributed by atoms with Gasteiger partial charge in [0.15, 0.2) is 0 Å². The van der Waals surface area contributed by atoms with Gasteiger partial charge in [-0.25, -0.2) is 9.40 Å². The van der Waals surface area contributed by atoms with Gasteiger partial charge in [-0.2, -0.15) is 0 Å². The molecule has 1 aliphatic carbocycles. The third kappa shape index (κ3) is 3.67. The van der Waals surface area contributed by atoms with E-state index in [0.717, 1.165) is 45.4 Å². The lowest BCUT2D eigenvalue weighted by Gasteiger charge is -2.46. The van der Waals surface area contributed by atoms with Gasteiger partial charge in [-0.15, -0.1) is 0 Å². The van der Waals surface area contributed by atoms with E-state index in [-0.39, 0.29) is 12.2 Å². The zero-order valence-electron chi connectivity index (χ0n) is 16.6. The average molecular weight is 382 g/mol. The summed E-state index contributed by atoms with van der Waals surface area (Å²) in [5.41, 5.74) is 3.56. The number of alkyl halides is 1. The fourth-order valence-corrected chi connectivity index (χ4v) is 6.25. The van der Waals surface area contributed by atoms with Gasteiger partial charge in [0.25, 0.3) is 0 Å². The number of rotatable bonds is 0. The Hall–Kier alpha value is -0.310.